The first-order valence-corrected chi connectivity index (χ1v) is 8.37. The van der Waals surface area contributed by atoms with Crippen LogP contribution in [0.4, 0.5) is 0 Å². The fourth-order valence-corrected chi connectivity index (χ4v) is 4.28. The highest BCUT2D eigenvalue weighted by molar-refractivity contribution is 5.20. The van der Waals surface area contributed by atoms with Crippen molar-refractivity contribution >= 4 is 0 Å². The molecule has 3 rings (SSSR count). The van der Waals surface area contributed by atoms with Crippen LogP contribution in [0.25, 0.3) is 0 Å². The first kappa shape index (κ1) is 14.1. The molecule has 2 unspecified atom stereocenters. The summed E-state index contributed by atoms with van der Waals surface area (Å²) in [5.74, 6) is 1.46. The van der Waals surface area contributed by atoms with Crippen molar-refractivity contribution in [3.63, 3.8) is 0 Å². The summed E-state index contributed by atoms with van der Waals surface area (Å²) in [5.41, 5.74) is 7.46. The number of nitrogens with two attached hydrogens (primary N) is 1. The zero-order valence-electron chi connectivity index (χ0n) is 12.5. The normalized spacial score (nSPS) is 26.1. The lowest BCUT2D eigenvalue weighted by atomic mass is 9.94. The molecule has 1 saturated carbocycles. The van der Waals surface area contributed by atoms with Crippen LogP contribution in [0, 0.1) is 5.92 Å². The third kappa shape index (κ3) is 3.07. The van der Waals surface area contributed by atoms with Crippen molar-refractivity contribution in [3.05, 3.63) is 35.9 Å². The maximum absolute atomic E-state index is 6.06. The maximum atomic E-state index is 6.06. The van der Waals surface area contributed by atoms with E-state index in [1.54, 1.807) is 0 Å². The van der Waals surface area contributed by atoms with E-state index in [4.69, 9.17) is 5.73 Å². The molecular formula is C18H28N2. The van der Waals surface area contributed by atoms with Crippen molar-refractivity contribution in [1.29, 1.82) is 0 Å². The molecule has 2 heteroatoms. The molecule has 2 aliphatic rings. The molecule has 2 fully saturated rings. The molecule has 0 aromatic heterocycles. The van der Waals surface area contributed by atoms with Crippen LogP contribution >= 0.6 is 0 Å². The van der Waals surface area contributed by atoms with E-state index in [2.05, 4.69) is 35.2 Å². The molecule has 2 N–H and O–H groups in total. The minimum atomic E-state index is 0.498. The van der Waals surface area contributed by atoms with Gasteiger partial charge in [0.2, 0.25) is 0 Å². The van der Waals surface area contributed by atoms with Crippen LogP contribution in [0.5, 0.6) is 0 Å². The van der Waals surface area contributed by atoms with Gasteiger partial charge in [-0.15, -0.1) is 0 Å². The summed E-state index contributed by atoms with van der Waals surface area (Å²) in [6.45, 7) is 3.20. The minimum absolute atomic E-state index is 0.498. The largest absolute Gasteiger partial charge is 0.330 e. The van der Waals surface area contributed by atoms with Crippen LogP contribution in [0.15, 0.2) is 30.3 Å². The Morgan fingerprint density at radius 1 is 1.05 bits per heavy atom. The molecule has 0 bridgehead atoms. The molecule has 1 saturated heterocycles. The van der Waals surface area contributed by atoms with Gasteiger partial charge in [-0.3, -0.25) is 4.90 Å². The fourth-order valence-electron chi connectivity index (χ4n) is 4.28. The van der Waals surface area contributed by atoms with Crippen molar-refractivity contribution in [1.82, 2.24) is 4.90 Å². The van der Waals surface area contributed by atoms with Crippen molar-refractivity contribution < 1.29 is 0 Å². The highest BCUT2D eigenvalue weighted by Crippen LogP contribution is 2.36. The number of rotatable bonds is 5. The average molecular weight is 272 g/mol. The highest BCUT2D eigenvalue weighted by atomic mass is 15.2. The first-order valence-electron chi connectivity index (χ1n) is 8.37. The molecule has 0 radical (unpaired) electrons. The van der Waals surface area contributed by atoms with Crippen LogP contribution in [0.2, 0.25) is 0 Å². The molecule has 2 atom stereocenters. The van der Waals surface area contributed by atoms with Crippen LogP contribution < -0.4 is 5.73 Å². The highest BCUT2D eigenvalue weighted by Gasteiger charge is 2.34. The van der Waals surface area contributed by atoms with E-state index in [0.717, 1.165) is 25.0 Å². The number of benzene rings is 1. The third-order valence-electron chi connectivity index (χ3n) is 5.37. The molecular weight excluding hydrogens is 244 g/mol. The second-order valence-electron chi connectivity index (χ2n) is 6.59. The maximum Gasteiger partial charge on any atom is 0.0124 e. The standard InChI is InChI=1S/C18H28N2/c19-13-17(15-7-2-1-3-8-15)14-20-12-6-11-18(20)16-9-4-5-10-16/h1-3,7-8,16-18H,4-6,9-14,19H2. The van der Waals surface area contributed by atoms with Gasteiger partial charge >= 0.3 is 0 Å². The Bertz CT molecular complexity index is 397. The van der Waals surface area contributed by atoms with Crippen LogP contribution in [0.1, 0.15) is 50.0 Å². The summed E-state index contributed by atoms with van der Waals surface area (Å²) in [4.78, 5) is 2.75. The zero-order chi connectivity index (χ0) is 13.8. The van der Waals surface area contributed by atoms with Crippen molar-refractivity contribution in [3.8, 4) is 0 Å². The van der Waals surface area contributed by atoms with Gasteiger partial charge in [0.05, 0.1) is 0 Å². The Balaban J connectivity index is 1.65. The smallest absolute Gasteiger partial charge is 0.0124 e. The van der Waals surface area contributed by atoms with Crippen molar-refractivity contribution in [2.45, 2.75) is 50.5 Å². The number of hydrogen-bond donors (Lipinski definition) is 1. The van der Waals surface area contributed by atoms with Crippen molar-refractivity contribution in [2.24, 2.45) is 11.7 Å². The first-order chi connectivity index (χ1) is 9.88. The number of hydrogen-bond acceptors (Lipinski definition) is 2. The van der Waals surface area contributed by atoms with Gasteiger partial charge in [0.25, 0.3) is 0 Å². The zero-order valence-corrected chi connectivity index (χ0v) is 12.5. The Kier molecular flexibility index (Phi) is 4.74. The fraction of sp³-hybridized carbons (Fsp3) is 0.667. The second kappa shape index (κ2) is 6.73. The minimum Gasteiger partial charge on any atom is -0.330 e. The van der Waals surface area contributed by atoms with E-state index < -0.39 is 0 Å². The Hall–Kier alpha value is -0.860. The van der Waals surface area contributed by atoms with Crippen LogP contribution in [-0.4, -0.2) is 30.6 Å². The lowest BCUT2D eigenvalue weighted by molar-refractivity contribution is 0.181. The van der Waals surface area contributed by atoms with Gasteiger partial charge in [-0.25, -0.2) is 0 Å². The average Bonchev–Trinajstić information content (AvgIpc) is 3.16. The molecule has 110 valence electrons. The molecule has 1 aromatic rings. The molecule has 1 aliphatic heterocycles. The van der Waals surface area contributed by atoms with Gasteiger partial charge in [-0.1, -0.05) is 43.2 Å². The Morgan fingerprint density at radius 3 is 2.50 bits per heavy atom. The van der Waals surface area contributed by atoms with Gasteiger partial charge in [-0.2, -0.15) is 0 Å². The Labute approximate surface area is 123 Å². The van der Waals surface area contributed by atoms with E-state index in [0.29, 0.717) is 5.92 Å². The number of nitrogens with zero attached hydrogens (tertiary/aromatic N) is 1. The second-order valence-corrected chi connectivity index (χ2v) is 6.59. The molecule has 1 heterocycles. The summed E-state index contributed by atoms with van der Waals surface area (Å²) in [6, 6.07) is 11.7. The van der Waals surface area contributed by atoms with Gasteiger partial charge in [0.1, 0.15) is 0 Å². The summed E-state index contributed by atoms with van der Waals surface area (Å²) < 4.78 is 0. The summed E-state index contributed by atoms with van der Waals surface area (Å²) >= 11 is 0. The van der Waals surface area contributed by atoms with Crippen molar-refractivity contribution in [2.75, 3.05) is 19.6 Å². The monoisotopic (exact) mass is 272 g/mol. The predicted molar refractivity (Wildman–Crippen MR) is 84.8 cm³/mol. The molecule has 1 aromatic carbocycles. The van der Waals surface area contributed by atoms with E-state index in [-0.39, 0.29) is 0 Å². The van der Waals surface area contributed by atoms with E-state index in [1.165, 1.54) is 50.6 Å². The molecule has 20 heavy (non-hydrogen) atoms. The van der Waals surface area contributed by atoms with Gasteiger partial charge in [-0.05, 0) is 43.7 Å². The summed E-state index contributed by atoms with van der Waals surface area (Å²) in [6.07, 6.45) is 8.62. The van der Waals surface area contributed by atoms with E-state index in [1.807, 2.05) is 0 Å². The van der Waals surface area contributed by atoms with E-state index in [9.17, 15) is 0 Å². The topological polar surface area (TPSA) is 29.3 Å². The SMILES string of the molecule is NCC(CN1CCCC1C1CCCC1)c1ccccc1. The van der Waals surface area contributed by atoms with Gasteiger partial charge in [0, 0.05) is 25.0 Å². The van der Waals surface area contributed by atoms with Crippen LogP contribution in [-0.2, 0) is 0 Å². The third-order valence-corrected chi connectivity index (χ3v) is 5.37. The van der Waals surface area contributed by atoms with Gasteiger partial charge in [0.15, 0.2) is 0 Å². The number of likely N-dealkylation sites (tertiary alicyclic amines) is 1. The lowest BCUT2D eigenvalue weighted by Crippen LogP contribution is -2.39. The van der Waals surface area contributed by atoms with Crippen LogP contribution in [0.3, 0.4) is 0 Å². The Morgan fingerprint density at radius 2 is 1.80 bits per heavy atom. The quantitative estimate of drug-likeness (QED) is 0.890. The molecule has 0 spiro atoms. The predicted octanol–water partition coefficient (Wildman–Crippen LogP) is 3.38. The lowest BCUT2D eigenvalue weighted by Gasteiger charge is -2.32. The molecule has 0 amide bonds. The van der Waals surface area contributed by atoms with E-state index >= 15 is 0 Å². The summed E-state index contributed by atoms with van der Waals surface area (Å²) in [5, 5.41) is 0. The summed E-state index contributed by atoms with van der Waals surface area (Å²) in [7, 11) is 0. The molecule has 2 nitrogen and oxygen atoms in total. The molecule has 1 aliphatic carbocycles. The van der Waals surface area contributed by atoms with Gasteiger partial charge < -0.3 is 5.73 Å².